The summed E-state index contributed by atoms with van der Waals surface area (Å²) in [5, 5.41) is 7.36. The van der Waals surface area contributed by atoms with Crippen molar-refractivity contribution in [3.05, 3.63) is 66.5 Å². The van der Waals surface area contributed by atoms with Gasteiger partial charge in [-0.05, 0) is 54.3 Å². The summed E-state index contributed by atoms with van der Waals surface area (Å²) in [6, 6.07) is 15.4. The Labute approximate surface area is 163 Å². The fraction of sp³-hybridized carbons (Fsp3) is 0.273. The molecule has 142 valence electrons. The van der Waals surface area contributed by atoms with Gasteiger partial charge in [-0.2, -0.15) is 5.10 Å². The van der Waals surface area contributed by atoms with E-state index in [4.69, 9.17) is 9.47 Å². The third-order valence-electron chi connectivity index (χ3n) is 5.49. The zero-order valence-corrected chi connectivity index (χ0v) is 15.4. The lowest BCUT2D eigenvalue weighted by Gasteiger charge is -2.16. The van der Waals surface area contributed by atoms with Crippen molar-refractivity contribution < 1.29 is 14.3 Å². The van der Waals surface area contributed by atoms with Crippen molar-refractivity contribution in [2.45, 2.75) is 19.4 Å². The summed E-state index contributed by atoms with van der Waals surface area (Å²) < 4.78 is 12.7. The predicted octanol–water partition coefficient (Wildman–Crippen LogP) is 3.49. The average Bonchev–Trinajstić information content (AvgIpc) is 3.10. The Morgan fingerprint density at radius 3 is 2.61 bits per heavy atom. The number of nitrogens with one attached hydrogen (secondary N) is 1. The number of ether oxygens (including phenoxy) is 2. The first-order valence-corrected chi connectivity index (χ1v) is 9.47. The Bertz CT molecular complexity index is 992. The highest BCUT2D eigenvalue weighted by molar-refractivity contribution is 5.94. The SMILES string of the molecule is O=C(NCC1(Cn2cccn2)CC1)c1ccc(-c2ccc3c(c2)OCO3)cc1. The number of fused-ring (bicyclic) bond motifs is 1. The van der Waals surface area contributed by atoms with Crippen LogP contribution in [0.25, 0.3) is 11.1 Å². The first kappa shape index (κ1) is 16.9. The van der Waals surface area contributed by atoms with Crippen LogP contribution in [0.5, 0.6) is 11.5 Å². The summed E-state index contributed by atoms with van der Waals surface area (Å²) in [4.78, 5) is 12.6. The molecule has 1 N–H and O–H groups in total. The van der Waals surface area contributed by atoms with E-state index in [-0.39, 0.29) is 18.1 Å². The van der Waals surface area contributed by atoms with Crippen molar-refractivity contribution >= 4 is 5.91 Å². The van der Waals surface area contributed by atoms with Crippen LogP contribution in [-0.4, -0.2) is 29.0 Å². The number of nitrogens with zero attached hydrogens (tertiary/aromatic N) is 2. The van der Waals surface area contributed by atoms with Crippen LogP contribution in [0, 0.1) is 5.41 Å². The Morgan fingerprint density at radius 2 is 1.86 bits per heavy atom. The van der Waals surface area contributed by atoms with Crippen LogP contribution in [0.2, 0.25) is 0 Å². The standard InChI is InChI=1S/C22H21N3O3/c26-21(23-13-22(8-9-22)14-25-11-1-10-24-25)17-4-2-16(3-5-17)18-6-7-19-20(12-18)28-15-27-19/h1-7,10-12H,8-9,13-15H2,(H,23,26). The number of hydrogen-bond donors (Lipinski definition) is 1. The van der Waals surface area contributed by atoms with Gasteiger partial charge in [0.1, 0.15) is 0 Å². The normalized spacial score (nSPS) is 16.0. The van der Waals surface area contributed by atoms with Crippen molar-refractivity contribution in [3.63, 3.8) is 0 Å². The van der Waals surface area contributed by atoms with E-state index in [9.17, 15) is 4.79 Å². The van der Waals surface area contributed by atoms with Crippen LogP contribution in [-0.2, 0) is 6.54 Å². The van der Waals surface area contributed by atoms with Crippen LogP contribution in [0.1, 0.15) is 23.2 Å². The Kier molecular flexibility index (Phi) is 4.04. The molecule has 1 saturated carbocycles. The predicted molar refractivity (Wildman–Crippen MR) is 104 cm³/mol. The number of benzene rings is 2. The third-order valence-corrected chi connectivity index (χ3v) is 5.49. The Morgan fingerprint density at radius 1 is 1.07 bits per heavy atom. The molecule has 6 nitrogen and oxygen atoms in total. The first-order valence-electron chi connectivity index (χ1n) is 9.47. The van der Waals surface area contributed by atoms with Crippen LogP contribution in [0.3, 0.4) is 0 Å². The summed E-state index contributed by atoms with van der Waals surface area (Å²) in [6.45, 7) is 1.79. The number of amides is 1. The molecule has 1 aliphatic heterocycles. The van der Waals surface area contributed by atoms with Gasteiger partial charge in [-0.1, -0.05) is 18.2 Å². The van der Waals surface area contributed by atoms with Gasteiger partial charge in [-0.25, -0.2) is 0 Å². The van der Waals surface area contributed by atoms with Crippen molar-refractivity contribution in [1.29, 1.82) is 0 Å². The second-order valence-electron chi connectivity index (χ2n) is 7.53. The molecule has 1 aliphatic carbocycles. The zero-order chi connectivity index (χ0) is 19.0. The third kappa shape index (κ3) is 3.33. The van der Waals surface area contributed by atoms with Gasteiger partial charge >= 0.3 is 0 Å². The van der Waals surface area contributed by atoms with E-state index in [0.29, 0.717) is 12.1 Å². The highest BCUT2D eigenvalue weighted by atomic mass is 16.7. The fourth-order valence-electron chi connectivity index (χ4n) is 3.57. The van der Waals surface area contributed by atoms with E-state index in [1.54, 1.807) is 6.20 Å². The second kappa shape index (κ2) is 6.71. The summed E-state index contributed by atoms with van der Waals surface area (Å²) >= 11 is 0. The molecular weight excluding hydrogens is 354 g/mol. The average molecular weight is 375 g/mol. The van der Waals surface area contributed by atoms with E-state index in [2.05, 4.69) is 10.4 Å². The van der Waals surface area contributed by atoms with Gasteiger partial charge in [-0.15, -0.1) is 0 Å². The second-order valence-corrected chi connectivity index (χ2v) is 7.53. The molecule has 1 aromatic heterocycles. The van der Waals surface area contributed by atoms with Crippen molar-refractivity contribution in [2.75, 3.05) is 13.3 Å². The number of carbonyl (C=O) groups excluding carboxylic acids is 1. The molecule has 3 aromatic rings. The van der Waals surface area contributed by atoms with Crippen molar-refractivity contribution in [1.82, 2.24) is 15.1 Å². The molecule has 1 amide bonds. The van der Waals surface area contributed by atoms with Crippen molar-refractivity contribution in [2.24, 2.45) is 5.41 Å². The molecule has 0 atom stereocenters. The molecule has 2 aromatic carbocycles. The van der Waals surface area contributed by atoms with E-state index in [0.717, 1.165) is 42.0 Å². The Hall–Kier alpha value is -3.28. The van der Waals surface area contributed by atoms with Gasteiger partial charge in [0.05, 0.1) is 0 Å². The zero-order valence-electron chi connectivity index (χ0n) is 15.4. The molecule has 0 radical (unpaired) electrons. The van der Waals surface area contributed by atoms with E-state index in [1.165, 1.54) is 0 Å². The lowest BCUT2D eigenvalue weighted by molar-refractivity contribution is 0.0942. The molecule has 1 fully saturated rings. The maximum atomic E-state index is 12.6. The molecule has 0 bridgehead atoms. The number of rotatable bonds is 6. The fourth-order valence-corrected chi connectivity index (χ4v) is 3.57. The first-order chi connectivity index (χ1) is 13.7. The molecular formula is C22H21N3O3. The van der Waals surface area contributed by atoms with Crippen LogP contribution in [0.4, 0.5) is 0 Å². The van der Waals surface area contributed by atoms with E-state index in [1.807, 2.05) is 59.4 Å². The highest BCUT2D eigenvalue weighted by Gasteiger charge is 2.43. The molecule has 2 aliphatic rings. The molecule has 0 saturated heterocycles. The molecule has 28 heavy (non-hydrogen) atoms. The lowest BCUT2D eigenvalue weighted by atomic mass is 10.0. The van der Waals surface area contributed by atoms with Crippen molar-refractivity contribution in [3.8, 4) is 22.6 Å². The van der Waals surface area contributed by atoms with E-state index < -0.39 is 0 Å². The molecule has 0 spiro atoms. The minimum absolute atomic E-state index is 0.0380. The minimum Gasteiger partial charge on any atom is -0.454 e. The maximum absolute atomic E-state index is 12.6. The van der Waals surface area contributed by atoms with Gasteiger partial charge in [0.2, 0.25) is 6.79 Å². The number of hydrogen-bond acceptors (Lipinski definition) is 4. The summed E-state index contributed by atoms with van der Waals surface area (Å²) in [5.74, 6) is 1.49. The van der Waals surface area contributed by atoms with Gasteiger partial charge in [-0.3, -0.25) is 9.48 Å². The minimum atomic E-state index is -0.0380. The quantitative estimate of drug-likeness (QED) is 0.716. The molecule has 0 unspecified atom stereocenters. The van der Waals surface area contributed by atoms with Crippen LogP contribution < -0.4 is 14.8 Å². The van der Waals surface area contributed by atoms with Crippen LogP contribution >= 0.6 is 0 Å². The summed E-state index contributed by atoms with van der Waals surface area (Å²) in [7, 11) is 0. The number of carbonyl (C=O) groups is 1. The molecule has 2 heterocycles. The maximum Gasteiger partial charge on any atom is 0.251 e. The largest absolute Gasteiger partial charge is 0.454 e. The smallest absolute Gasteiger partial charge is 0.251 e. The molecule has 6 heteroatoms. The highest BCUT2D eigenvalue weighted by Crippen LogP contribution is 2.46. The van der Waals surface area contributed by atoms with Gasteiger partial charge in [0.15, 0.2) is 11.5 Å². The number of aromatic nitrogens is 2. The van der Waals surface area contributed by atoms with Crippen LogP contribution in [0.15, 0.2) is 60.9 Å². The monoisotopic (exact) mass is 375 g/mol. The summed E-state index contributed by atoms with van der Waals surface area (Å²) in [6.07, 6.45) is 6.00. The molecule has 5 rings (SSSR count). The lowest BCUT2D eigenvalue weighted by Crippen LogP contribution is -2.32. The summed E-state index contributed by atoms with van der Waals surface area (Å²) in [5.41, 5.74) is 2.88. The topological polar surface area (TPSA) is 65.4 Å². The van der Waals surface area contributed by atoms with Gasteiger partial charge in [0.25, 0.3) is 5.91 Å². The van der Waals surface area contributed by atoms with E-state index >= 15 is 0 Å². The van der Waals surface area contributed by atoms with Gasteiger partial charge in [0, 0.05) is 36.5 Å². The van der Waals surface area contributed by atoms with Gasteiger partial charge < -0.3 is 14.8 Å². The Balaban J connectivity index is 1.23.